The van der Waals surface area contributed by atoms with Crippen molar-refractivity contribution in [1.82, 2.24) is 10.2 Å². The third kappa shape index (κ3) is 3.92. The van der Waals surface area contributed by atoms with Gasteiger partial charge in [-0.25, -0.2) is 4.39 Å². The molecule has 0 radical (unpaired) electrons. The van der Waals surface area contributed by atoms with Gasteiger partial charge in [-0.05, 0) is 37.6 Å². The number of likely N-dealkylation sites (N-methyl/N-ethyl adjacent to an activating group) is 1. The molecule has 1 aliphatic rings. The summed E-state index contributed by atoms with van der Waals surface area (Å²) in [6.45, 7) is 2.37. The lowest BCUT2D eigenvalue weighted by atomic mass is 9.91. The van der Waals surface area contributed by atoms with E-state index in [-0.39, 0.29) is 18.1 Å². The molecule has 1 saturated heterocycles. The average Bonchev–Trinajstić information content (AvgIpc) is 3.04. The number of methoxy groups -OCH3 is 1. The summed E-state index contributed by atoms with van der Waals surface area (Å²) in [7, 11) is 3.05. The zero-order valence-electron chi connectivity index (χ0n) is 16.3. The number of hydrogen-bond donors (Lipinski definition) is 1. The highest BCUT2D eigenvalue weighted by molar-refractivity contribution is 5.83. The molecule has 3 rings (SSSR count). The lowest BCUT2D eigenvalue weighted by Gasteiger charge is -2.27. The number of esters is 1. The molecule has 0 saturated carbocycles. The Bertz CT molecular complexity index is 870. The van der Waals surface area contributed by atoms with Gasteiger partial charge in [0, 0.05) is 18.2 Å². The van der Waals surface area contributed by atoms with Crippen LogP contribution in [0, 0.1) is 18.7 Å². The van der Waals surface area contributed by atoms with Crippen molar-refractivity contribution in [2.75, 3.05) is 14.2 Å². The van der Waals surface area contributed by atoms with Gasteiger partial charge in [0.2, 0.25) is 5.91 Å². The van der Waals surface area contributed by atoms with Gasteiger partial charge in [-0.2, -0.15) is 0 Å². The fourth-order valence-corrected chi connectivity index (χ4v) is 3.94. The maximum absolute atomic E-state index is 14.5. The van der Waals surface area contributed by atoms with Crippen LogP contribution in [0.1, 0.15) is 29.2 Å². The van der Waals surface area contributed by atoms with Crippen LogP contribution in [0.25, 0.3) is 0 Å². The molecule has 1 heterocycles. The number of likely N-dealkylation sites (tertiary alicyclic amines) is 1. The van der Waals surface area contributed by atoms with Crippen molar-refractivity contribution in [3.05, 3.63) is 71.0 Å². The first kappa shape index (κ1) is 20.0. The monoisotopic (exact) mass is 384 g/mol. The Morgan fingerprint density at radius 3 is 2.54 bits per heavy atom. The predicted octanol–water partition coefficient (Wildman–Crippen LogP) is 2.98. The van der Waals surface area contributed by atoms with E-state index in [2.05, 4.69) is 5.32 Å². The summed E-state index contributed by atoms with van der Waals surface area (Å²) in [5.41, 5.74) is 2.52. The number of nitrogens with zero attached hydrogens (tertiary/aromatic N) is 1. The molecule has 0 unspecified atom stereocenters. The van der Waals surface area contributed by atoms with Crippen LogP contribution in [0.2, 0.25) is 0 Å². The van der Waals surface area contributed by atoms with Gasteiger partial charge in [0.25, 0.3) is 0 Å². The van der Waals surface area contributed by atoms with Crippen LogP contribution >= 0.6 is 0 Å². The first-order valence-electron chi connectivity index (χ1n) is 9.30. The van der Waals surface area contributed by atoms with Gasteiger partial charge in [0.05, 0.1) is 13.0 Å². The molecule has 5 nitrogen and oxygen atoms in total. The first-order chi connectivity index (χ1) is 13.4. The lowest BCUT2D eigenvalue weighted by Crippen LogP contribution is -2.36. The van der Waals surface area contributed by atoms with Gasteiger partial charge in [-0.3, -0.25) is 14.5 Å². The van der Waals surface area contributed by atoms with Gasteiger partial charge in [-0.1, -0.05) is 42.5 Å². The second-order valence-corrected chi connectivity index (χ2v) is 7.16. The Balaban J connectivity index is 1.85. The quantitative estimate of drug-likeness (QED) is 0.806. The number of benzene rings is 2. The van der Waals surface area contributed by atoms with E-state index in [0.29, 0.717) is 12.1 Å². The number of nitrogens with one attached hydrogen (secondary N) is 1. The third-order valence-electron chi connectivity index (χ3n) is 5.54. The fraction of sp³-hybridized carbons (Fsp3) is 0.364. The normalized spacial score (nSPS) is 22.1. The van der Waals surface area contributed by atoms with E-state index in [1.54, 1.807) is 30.1 Å². The predicted molar refractivity (Wildman–Crippen MR) is 104 cm³/mol. The van der Waals surface area contributed by atoms with Crippen LogP contribution in [0.5, 0.6) is 0 Å². The van der Waals surface area contributed by atoms with E-state index in [1.807, 2.05) is 31.2 Å². The first-order valence-corrected chi connectivity index (χ1v) is 9.30. The van der Waals surface area contributed by atoms with Crippen LogP contribution in [0.4, 0.5) is 4.39 Å². The van der Waals surface area contributed by atoms with E-state index in [1.165, 1.54) is 13.2 Å². The lowest BCUT2D eigenvalue weighted by molar-refractivity contribution is -0.145. The molecule has 0 spiro atoms. The second-order valence-electron chi connectivity index (χ2n) is 7.16. The summed E-state index contributed by atoms with van der Waals surface area (Å²) >= 11 is 0. The zero-order valence-corrected chi connectivity index (χ0v) is 16.3. The molecule has 28 heavy (non-hydrogen) atoms. The largest absolute Gasteiger partial charge is 0.468 e. The molecule has 148 valence electrons. The molecular weight excluding hydrogens is 359 g/mol. The number of carbonyl (C=O) groups excluding carboxylic acids is 2. The number of halogens is 1. The van der Waals surface area contributed by atoms with E-state index in [9.17, 15) is 14.0 Å². The van der Waals surface area contributed by atoms with Crippen LogP contribution in [-0.2, 0) is 20.9 Å². The van der Waals surface area contributed by atoms with Gasteiger partial charge in [-0.15, -0.1) is 0 Å². The number of rotatable bonds is 5. The fourth-order valence-electron chi connectivity index (χ4n) is 3.94. The molecule has 3 atom stereocenters. The van der Waals surface area contributed by atoms with E-state index in [0.717, 1.165) is 11.1 Å². The highest BCUT2D eigenvalue weighted by Gasteiger charge is 2.47. The summed E-state index contributed by atoms with van der Waals surface area (Å²) in [4.78, 5) is 26.9. The topological polar surface area (TPSA) is 58.6 Å². The van der Waals surface area contributed by atoms with Gasteiger partial charge in [0.1, 0.15) is 11.9 Å². The smallest absolute Gasteiger partial charge is 0.323 e. The molecule has 6 heteroatoms. The number of aryl methyl sites for hydroxylation is 1. The van der Waals surface area contributed by atoms with E-state index in [4.69, 9.17) is 4.74 Å². The van der Waals surface area contributed by atoms with Crippen LogP contribution in [0.15, 0.2) is 48.5 Å². The van der Waals surface area contributed by atoms with Gasteiger partial charge in [0.15, 0.2) is 0 Å². The van der Waals surface area contributed by atoms with E-state index < -0.39 is 24.0 Å². The molecular formula is C22H25FN2O3. The van der Waals surface area contributed by atoms with Crippen molar-refractivity contribution in [2.24, 2.45) is 5.92 Å². The van der Waals surface area contributed by atoms with Crippen molar-refractivity contribution in [1.29, 1.82) is 0 Å². The van der Waals surface area contributed by atoms with Gasteiger partial charge >= 0.3 is 5.97 Å². The maximum atomic E-state index is 14.5. The summed E-state index contributed by atoms with van der Waals surface area (Å²) in [6, 6.07) is 13.1. The van der Waals surface area contributed by atoms with E-state index >= 15 is 0 Å². The minimum absolute atomic E-state index is 0.199. The second kappa shape index (κ2) is 8.52. The SMILES string of the molecule is COC(=O)[C@@H]1C[C@H](C(=O)NCc2ccccc2C)[C@H](c2ccccc2F)N1C. The average molecular weight is 384 g/mol. The highest BCUT2D eigenvalue weighted by atomic mass is 19.1. The summed E-state index contributed by atoms with van der Waals surface area (Å²) < 4.78 is 19.4. The zero-order chi connectivity index (χ0) is 20.3. The Kier molecular flexibility index (Phi) is 6.09. The van der Waals surface area contributed by atoms with Gasteiger partial charge < -0.3 is 10.1 Å². The standard InChI is InChI=1S/C22H25FN2O3/c1-14-8-4-5-9-15(14)13-24-21(26)17-12-19(22(27)28-3)25(2)20(17)16-10-6-7-11-18(16)23/h4-11,17,19-20H,12-13H2,1-3H3,(H,24,26)/t17-,19-,20-/m0/s1. The maximum Gasteiger partial charge on any atom is 0.323 e. The molecule has 0 aromatic heterocycles. The molecule has 0 bridgehead atoms. The Morgan fingerprint density at radius 1 is 1.18 bits per heavy atom. The number of amides is 1. The minimum atomic E-state index is -0.594. The van der Waals surface area contributed by atoms with Crippen molar-refractivity contribution in [2.45, 2.75) is 32.0 Å². The van der Waals surface area contributed by atoms with Crippen molar-refractivity contribution in [3.63, 3.8) is 0 Å². The van der Waals surface area contributed by atoms with Crippen molar-refractivity contribution < 1.29 is 18.7 Å². The molecule has 1 N–H and O–H groups in total. The molecule has 0 aliphatic carbocycles. The van der Waals surface area contributed by atoms with Crippen LogP contribution < -0.4 is 5.32 Å². The molecule has 1 aliphatic heterocycles. The number of carbonyl (C=O) groups is 2. The molecule has 1 fully saturated rings. The van der Waals surface area contributed by atoms with Crippen molar-refractivity contribution >= 4 is 11.9 Å². The number of hydrogen-bond acceptors (Lipinski definition) is 4. The molecule has 2 aromatic carbocycles. The summed E-state index contributed by atoms with van der Waals surface area (Å²) in [5, 5.41) is 2.96. The Morgan fingerprint density at radius 2 is 1.86 bits per heavy atom. The minimum Gasteiger partial charge on any atom is -0.468 e. The van der Waals surface area contributed by atoms with Crippen LogP contribution in [-0.4, -0.2) is 37.0 Å². The molecule has 2 aromatic rings. The number of ether oxygens (including phenoxy) is 1. The summed E-state index contributed by atoms with van der Waals surface area (Å²) in [6.07, 6.45) is 0.280. The molecule has 1 amide bonds. The summed E-state index contributed by atoms with van der Waals surface area (Å²) in [5.74, 6) is -1.57. The van der Waals surface area contributed by atoms with Crippen molar-refractivity contribution in [3.8, 4) is 0 Å². The van der Waals surface area contributed by atoms with Crippen LogP contribution in [0.3, 0.4) is 0 Å². The Hall–Kier alpha value is -2.73. The Labute approximate surface area is 164 Å². The third-order valence-corrected chi connectivity index (χ3v) is 5.54. The highest BCUT2D eigenvalue weighted by Crippen LogP contribution is 2.41.